The Morgan fingerprint density at radius 3 is 2.59 bits per heavy atom. The Hall–Kier alpha value is -1.91. The second-order valence-corrected chi connectivity index (χ2v) is 8.39. The van der Waals surface area contributed by atoms with Gasteiger partial charge in [-0.15, -0.1) is 0 Å². The highest BCUT2D eigenvalue weighted by atomic mass is 16.5. The monoisotopic (exact) mass is 364 g/mol. The summed E-state index contributed by atoms with van der Waals surface area (Å²) in [6.07, 6.45) is 7.50. The molecule has 1 N–H and O–H groups in total. The number of carbonyl (C=O) groups is 1. The third-order valence-corrected chi connectivity index (χ3v) is 6.69. The average Bonchev–Trinajstić information content (AvgIpc) is 3.28. The van der Waals surface area contributed by atoms with Crippen LogP contribution in [0.25, 0.3) is 10.8 Å². The molecule has 3 aliphatic rings. The summed E-state index contributed by atoms with van der Waals surface area (Å²) in [6.45, 7) is 2.01. The highest BCUT2D eigenvalue weighted by Crippen LogP contribution is 2.36. The molecule has 0 radical (unpaired) electrons. The molecule has 3 heterocycles. The van der Waals surface area contributed by atoms with E-state index >= 15 is 0 Å². The van der Waals surface area contributed by atoms with Crippen LogP contribution in [-0.4, -0.2) is 48.2 Å². The van der Waals surface area contributed by atoms with Gasteiger partial charge in [0.05, 0.1) is 6.10 Å². The molecule has 27 heavy (non-hydrogen) atoms. The first kappa shape index (κ1) is 17.2. The van der Waals surface area contributed by atoms with E-state index < -0.39 is 0 Å². The lowest BCUT2D eigenvalue weighted by Gasteiger charge is -2.40. The number of rotatable bonds is 4. The normalized spacial score (nSPS) is 30.7. The summed E-state index contributed by atoms with van der Waals surface area (Å²) < 4.78 is 5.86. The number of nitrogens with one attached hydrogen (secondary N) is 1. The smallest absolute Gasteiger partial charge is 0.252 e. The fourth-order valence-corrected chi connectivity index (χ4v) is 5.40. The van der Waals surface area contributed by atoms with Crippen molar-refractivity contribution in [3.63, 3.8) is 0 Å². The van der Waals surface area contributed by atoms with E-state index in [1.807, 2.05) is 30.3 Å². The minimum absolute atomic E-state index is 0.0729. The van der Waals surface area contributed by atoms with Gasteiger partial charge < -0.3 is 10.1 Å². The molecule has 0 spiro atoms. The van der Waals surface area contributed by atoms with E-state index in [-0.39, 0.29) is 11.9 Å². The second kappa shape index (κ2) is 7.25. The van der Waals surface area contributed by atoms with Gasteiger partial charge in [-0.05, 0) is 55.4 Å². The number of ether oxygens (including phenoxy) is 1. The minimum atomic E-state index is 0.0729. The Kier molecular flexibility index (Phi) is 4.62. The van der Waals surface area contributed by atoms with Crippen molar-refractivity contribution in [1.29, 1.82) is 0 Å². The summed E-state index contributed by atoms with van der Waals surface area (Å²) in [6, 6.07) is 15.6. The molecule has 3 aliphatic heterocycles. The molecule has 0 aromatic heterocycles. The Labute approximate surface area is 160 Å². The molecule has 2 unspecified atom stereocenters. The van der Waals surface area contributed by atoms with E-state index in [2.05, 4.69) is 22.3 Å². The van der Waals surface area contributed by atoms with Crippen molar-refractivity contribution in [2.24, 2.45) is 0 Å². The lowest BCUT2D eigenvalue weighted by molar-refractivity contribution is 0.0332. The largest absolute Gasteiger partial charge is 0.377 e. The van der Waals surface area contributed by atoms with Gasteiger partial charge >= 0.3 is 0 Å². The Balaban J connectivity index is 1.26. The van der Waals surface area contributed by atoms with Gasteiger partial charge in [-0.2, -0.15) is 0 Å². The maximum atomic E-state index is 13.0. The lowest BCUT2D eigenvalue weighted by atomic mass is 9.95. The maximum Gasteiger partial charge on any atom is 0.252 e. The molecule has 3 saturated heterocycles. The zero-order valence-electron chi connectivity index (χ0n) is 15.8. The van der Waals surface area contributed by atoms with Gasteiger partial charge in [-0.25, -0.2) is 0 Å². The SMILES string of the molecule is O=C(NC1C[C@H]2CC[C@@H](C1)N2CC1CCCO1)c1cccc2ccccc12. The van der Waals surface area contributed by atoms with Crippen LogP contribution >= 0.6 is 0 Å². The van der Waals surface area contributed by atoms with Crippen molar-refractivity contribution in [2.45, 2.75) is 62.8 Å². The fourth-order valence-electron chi connectivity index (χ4n) is 5.40. The van der Waals surface area contributed by atoms with Crippen LogP contribution in [-0.2, 0) is 4.74 Å². The van der Waals surface area contributed by atoms with Crippen molar-refractivity contribution < 1.29 is 9.53 Å². The standard InChI is InChI=1S/C23H28N2O2/c26-23(22-9-3-6-16-5-1-2-8-21(16)22)24-17-13-18-10-11-19(14-17)25(18)15-20-7-4-12-27-20/h1-3,5-6,8-9,17-20H,4,7,10-15H2,(H,24,26)/t17?,18-,19+,20?. The predicted octanol–water partition coefficient (Wildman–Crippen LogP) is 3.74. The molecule has 0 aliphatic carbocycles. The lowest BCUT2D eigenvalue weighted by Crippen LogP contribution is -2.52. The van der Waals surface area contributed by atoms with Crippen molar-refractivity contribution in [3.8, 4) is 0 Å². The summed E-state index contributed by atoms with van der Waals surface area (Å²) >= 11 is 0. The summed E-state index contributed by atoms with van der Waals surface area (Å²) in [5, 5.41) is 5.51. The summed E-state index contributed by atoms with van der Waals surface area (Å²) in [5.41, 5.74) is 0.794. The number of benzene rings is 2. The zero-order chi connectivity index (χ0) is 18.2. The van der Waals surface area contributed by atoms with Crippen molar-refractivity contribution in [2.75, 3.05) is 13.2 Å². The van der Waals surface area contributed by atoms with Crippen molar-refractivity contribution in [1.82, 2.24) is 10.2 Å². The molecule has 2 aromatic carbocycles. The Morgan fingerprint density at radius 2 is 1.81 bits per heavy atom. The molecule has 0 saturated carbocycles. The van der Waals surface area contributed by atoms with E-state index in [0.717, 1.165) is 42.3 Å². The summed E-state index contributed by atoms with van der Waals surface area (Å²) in [7, 11) is 0. The first-order valence-corrected chi connectivity index (χ1v) is 10.4. The highest BCUT2D eigenvalue weighted by molar-refractivity contribution is 6.07. The predicted molar refractivity (Wildman–Crippen MR) is 107 cm³/mol. The molecular weight excluding hydrogens is 336 g/mol. The van der Waals surface area contributed by atoms with E-state index in [1.165, 1.54) is 25.7 Å². The number of nitrogens with zero attached hydrogens (tertiary/aromatic N) is 1. The van der Waals surface area contributed by atoms with Gasteiger partial charge in [0, 0.05) is 36.8 Å². The fraction of sp³-hybridized carbons (Fsp3) is 0.522. The van der Waals surface area contributed by atoms with Crippen molar-refractivity contribution in [3.05, 3.63) is 48.0 Å². The van der Waals surface area contributed by atoms with Gasteiger partial charge in [0.25, 0.3) is 5.91 Å². The molecular formula is C23H28N2O2. The number of piperidine rings is 1. The molecule has 2 bridgehead atoms. The zero-order valence-corrected chi connectivity index (χ0v) is 15.8. The number of hydrogen-bond acceptors (Lipinski definition) is 3. The van der Waals surface area contributed by atoms with Crippen LogP contribution in [0.3, 0.4) is 0 Å². The highest BCUT2D eigenvalue weighted by Gasteiger charge is 2.42. The molecule has 4 atom stereocenters. The van der Waals surface area contributed by atoms with Crippen LogP contribution in [0.5, 0.6) is 0 Å². The van der Waals surface area contributed by atoms with E-state index in [1.54, 1.807) is 0 Å². The van der Waals surface area contributed by atoms with Crippen LogP contribution in [0.15, 0.2) is 42.5 Å². The Bertz CT molecular complexity index is 811. The maximum absolute atomic E-state index is 13.0. The van der Waals surface area contributed by atoms with E-state index in [0.29, 0.717) is 18.2 Å². The van der Waals surface area contributed by atoms with Crippen LogP contribution in [0.2, 0.25) is 0 Å². The number of hydrogen-bond donors (Lipinski definition) is 1. The number of carbonyl (C=O) groups excluding carboxylic acids is 1. The molecule has 4 nitrogen and oxygen atoms in total. The molecule has 5 rings (SSSR count). The van der Waals surface area contributed by atoms with Gasteiger partial charge in [-0.3, -0.25) is 9.69 Å². The van der Waals surface area contributed by atoms with E-state index in [4.69, 9.17) is 4.74 Å². The molecule has 2 aromatic rings. The summed E-state index contributed by atoms with van der Waals surface area (Å²) in [5.74, 6) is 0.0729. The molecule has 142 valence electrons. The van der Waals surface area contributed by atoms with Crippen LogP contribution in [0.1, 0.15) is 48.9 Å². The quantitative estimate of drug-likeness (QED) is 0.898. The van der Waals surface area contributed by atoms with Crippen LogP contribution in [0.4, 0.5) is 0 Å². The first-order valence-electron chi connectivity index (χ1n) is 10.4. The van der Waals surface area contributed by atoms with Crippen LogP contribution < -0.4 is 5.32 Å². The minimum Gasteiger partial charge on any atom is -0.377 e. The first-order chi connectivity index (χ1) is 13.3. The van der Waals surface area contributed by atoms with Gasteiger partial charge in [-0.1, -0.05) is 36.4 Å². The number of amides is 1. The van der Waals surface area contributed by atoms with Crippen molar-refractivity contribution >= 4 is 16.7 Å². The van der Waals surface area contributed by atoms with Gasteiger partial charge in [0.15, 0.2) is 0 Å². The molecule has 4 heteroatoms. The number of fused-ring (bicyclic) bond motifs is 3. The Morgan fingerprint density at radius 1 is 1.04 bits per heavy atom. The van der Waals surface area contributed by atoms with Gasteiger partial charge in [0.2, 0.25) is 0 Å². The summed E-state index contributed by atoms with van der Waals surface area (Å²) in [4.78, 5) is 15.7. The second-order valence-electron chi connectivity index (χ2n) is 8.39. The topological polar surface area (TPSA) is 41.6 Å². The average molecular weight is 364 g/mol. The third-order valence-electron chi connectivity index (χ3n) is 6.69. The molecule has 3 fully saturated rings. The van der Waals surface area contributed by atoms with Crippen LogP contribution in [0, 0.1) is 0 Å². The molecule has 1 amide bonds. The third kappa shape index (κ3) is 3.37. The van der Waals surface area contributed by atoms with Gasteiger partial charge in [0.1, 0.15) is 0 Å². The van der Waals surface area contributed by atoms with E-state index in [9.17, 15) is 4.79 Å².